The van der Waals surface area contributed by atoms with E-state index in [9.17, 15) is 24.9 Å². The van der Waals surface area contributed by atoms with E-state index in [0.29, 0.717) is 25.7 Å². The van der Waals surface area contributed by atoms with Crippen LogP contribution in [0.2, 0.25) is 0 Å². The van der Waals surface area contributed by atoms with Crippen LogP contribution in [0, 0.1) is 11.8 Å². The van der Waals surface area contributed by atoms with Crippen LogP contribution in [-0.4, -0.2) is 33.2 Å². The average molecular weight is 619 g/mol. The topological polar surface area (TPSA) is 119 Å². The van der Waals surface area contributed by atoms with Gasteiger partial charge in [-0.15, -0.1) is 0 Å². The minimum absolute atomic E-state index is 0.182. The molecule has 238 valence electrons. The van der Waals surface area contributed by atoms with Crippen LogP contribution >= 0.6 is 0 Å². The molecule has 4 aromatic carbocycles. The fourth-order valence-electron chi connectivity index (χ4n) is 7.19. The van der Waals surface area contributed by atoms with Crippen molar-refractivity contribution in [3.8, 4) is 0 Å². The number of hydrogen-bond acceptors (Lipinski definition) is 5. The molecule has 6 rings (SSSR count). The second-order valence-corrected chi connectivity index (χ2v) is 12.8. The van der Waals surface area contributed by atoms with Gasteiger partial charge in [0.2, 0.25) is 11.8 Å². The van der Waals surface area contributed by atoms with Gasteiger partial charge in [-0.1, -0.05) is 109 Å². The fourth-order valence-corrected chi connectivity index (χ4v) is 7.19. The van der Waals surface area contributed by atoms with Crippen LogP contribution in [0.15, 0.2) is 109 Å². The van der Waals surface area contributed by atoms with Crippen molar-refractivity contribution in [2.45, 2.75) is 68.9 Å². The summed E-state index contributed by atoms with van der Waals surface area (Å²) in [6, 6.07) is 34.1. The number of fused-ring (bicyclic) bond motifs is 2. The van der Waals surface area contributed by atoms with Crippen molar-refractivity contribution in [2.75, 3.05) is 0 Å². The Morgan fingerprint density at radius 3 is 1.30 bits per heavy atom. The molecule has 2 amide bonds. The fraction of sp³-hybridized carbons (Fsp3) is 0.333. The molecule has 6 atom stereocenters. The van der Waals surface area contributed by atoms with Crippen LogP contribution in [0.25, 0.3) is 0 Å². The van der Waals surface area contributed by atoms with Crippen LogP contribution in [0.4, 0.5) is 0 Å². The lowest BCUT2D eigenvalue weighted by Gasteiger charge is -2.26. The first kappa shape index (κ1) is 31.7. The van der Waals surface area contributed by atoms with Crippen molar-refractivity contribution in [2.24, 2.45) is 11.8 Å². The molecule has 0 saturated heterocycles. The third-order valence-corrected chi connectivity index (χ3v) is 9.52. The van der Waals surface area contributed by atoms with E-state index in [0.717, 1.165) is 33.4 Å². The number of hydrogen-bond donors (Lipinski definition) is 5. The van der Waals surface area contributed by atoms with E-state index in [2.05, 4.69) is 10.6 Å². The Labute approximate surface area is 270 Å². The first-order valence-electron chi connectivity index (χ1n) is 16.3. The van der Waals surface area contributed by atoms with Gasteiger partial charge in [-0.05, 0) is 59.1 Å². The highest BCUT2D eigenvalue weighted by Gasteiger charge is 2.35. The van der Waals surface area contributed by atoms with Crippen molar-refractivity contribution in [1.29, 1.82) is 0 Å². The summed E-state index contributed by atoms with van der Waals surface area (Å²) in [7, 11) is 0. The third kappa shape index (κ3) is 7.39. The zero-order valence-electron chi connectivity index (χ0n) is 25.8. The molecule has 7 heteroatoms. The summed E-state index contributed by atoms with van der Waals surface area (Å²) in [4.78, 5) is 27.7. The van der Waals surface area contributed by atoms with E-state index >= 15 is 0 Å². The zero-order valence-corrected chi connectivity index (χ0v) is 25.8. The van der Waals surface area contributed by atoms with Crippen molar-refractivity contribution in [1.82, 2.24) is 10.6 Å². The molecule has 0 aromatic heterocycles. The lowest BCUT2D eigenvalue weighted by molar-refractivity contribution is -0.127. The SMILES string of the molecule is O=C(NC1C[C@H](O)c2ccccc21)C(Cc1ccccc1)CC(O)CC(Cc1ccccc1)C(=O)NC1C[C@H](O)c2ccccc21. The van der Waals surface area contributed by atoms with Gasteiger partial charge in [0.05, 0.1) is 30.4 Å². The van der Waals surface area contributed by atoms with Gasteiger partial charge in [-0.3, -0.25) is 9.59 Å². The smallest absolute Gasteiger partial charge is 0.224 e. The minimum Gasteiger partial charge on any atom is -0.393 e. The van der Waals surface area contributed by atoms with Gasteiger partial charge >= 0.3 is 0 Å². The van der Waals surface area contributed by atoms with Crippen LogP contribution in [0.1, 0.15) is 83.4 Å². The molecule has 0 fully saturated rings. The largest absolute Gasteiger partial charge is 0.393 e. The number of aliphatic hydroxyl groups excluding tert-OH is 3. The van der Waals surface area contributed by atoms with Gasteiger partial charge < -0.3 is 26.0 Å². The molecular formula is C39H42N2O5. The molecule has 2 aliphatic carbocycles. The first-order valence-corrected chi connectivity index (χ1v) is 16.3. The van der Waals surface area contributed by atoms with Crippen molar-refractivity contribution in [3.05, 3.63) is 143 Å². The maximum absolute atomic E-state index is 13.8. The standard InChI is InChI=1S/C39H42N2O5/c42-29(21-27(19-25-11-3-1-4-12-25)38(45)40-34-23-36(43)32-17-9-7-15-30(32)34)22-28(20-26-13-5-2-6-14-26)39(46)41-35-24-37(44)33-18-10-8-16-31(33)35/h1-18,27-29,34-37,42-44H,19-24H2,(H,40,45)(H,41,46)/t27?,28?,29?,34?,35?,36-,37-/m0/s1. The summed E-state index contributed by atoms with van der Waals surface area (Å²) >= 11 is 0. The van der Waals surface area contributed by atoms with Gasteiger partial charge in [0, 0.05) is 24.7 Å². The lowest BCUT2D eigenvalue weighted by Crippen LogP contribution is -2.38. The average Bonchev–Trinajstić information content (AvgIpc) is 3.56. The van der Waals surface area contributed by atoms with Gasteiger partial charge in [-0.2, -0.15) is 0 Å². The van der Waals surface area contributed by atoms with E-state index in [1.807, 2.05) is 109 Å². The molecular weight excluding hydrogens is 576 g/mol. The molecule has 4 unspecified atom stereocenters. The van der Waals surface area contributed by atoms with Crippen LogP contribution < -0.4 is 10.6 Å². The number of benzene rings is 4. The molecule has 4 aromatic rings. The van der Waals surface area contributed by atoms with Gasteiger partial charge in [0.15, 0.2) is 0 Å². The molecule has 0 heterocycles. The highest BCUT2D eigenvalue weighted by atomic mass is 16.3. The predicted molar refractivity (Wildman–Crippen MR) is 176 cm³/mol. The Morgan fingerprint density at radius 1 is 0.565 bits per heavy atom. The summed E-state index contributed by atoms with van der Waals surface area (Å²) < 4.78 is 0. The van der Waals surface area contributed by atoms with Crippen LogP contribution in [0.3, 0.4) is 0 Å². The number of amides is 2. The molecule has 0 saturated carbocycles. The van der Waals surface area contributed by atoms with Crippen molar-refractivity contribution in [3.63, 3.8) is 0 Å². The number of carbonyl (C=O) groups is 2. The van der Waals surface area contributed by atoms with E-state index < -0.39 is 30.1 Å². The van der Waals surface area contributed by atoms with Gasteiger partial charge in [0.25, 0.3) is 0 Å². The van der Waals surface area contributed by atoms with E-state index in [1.165, 1.54) is 0 Å². The van der Waals surface area contributed by atoms with E-state index in [4.69, 9.17) is 0 Å². The second kappa shape index (κ2) is 14.4. The molecule has 7 nitrogen and oxygen atoms in total. The minimum atomic E-state index is -0.915. The number of nitrogens with one attached hydrogen (secondary N) is 2. The number of aliphatic hydroxyl groups is 3. The highest BCUT2D eigenvalue weighted by Crippen LogP contribution is 2.40. The number of rotatable bonds is 12. The Balaban J connectivity index is 1.18. The van der Waals surface area contributed by atoms with Crippen molar-refractivity contribution >= 4 is 11.8 Å². The molecule has 0 aliphatic heterocycles. The zero-order chi connectivity index (χ0) is 32.0. The Morgan fingerprint density at radius 2 is 0.913 bits per heavy atom. The normalized spacial score (nSPS) is 21.9. The molecule has 46 heavy (non-hydrogen) atoms. The maximum atomic E-state index is 13.8. The molecule has 5 N–H and O–H groups in total. The monoisotopic (exact) mass is 618 g/mol. The molecule has 0 spiro atoms. The Bertz CT molecular complexity index is 1510. The summed E-state index contributed by atoms with van der Waals surface area (Å²) in [6.45, 7) is 0. The van der Waals surface area contributed by atoms with E-state index in [1.54, 1.807) is 0 Å². The van der Waals surface area contributed by atoms with Crippen LogP contribution in [0.5, 0.6) is 0 Å². The molecule has 0 bridgehead atoms. The summed E-state index contributed by atoms with van der Waals surface area (Å²) in [5.41, 5.74) is 5.47. The number of carbonyl (C=O) groups excluding carboxylic acids is 2. The summed E-state index contributed by atoms with van der Waals surface area (Å²) in [5, 5.41) is 39.0. The molecule has 2 aliphatic rings. The predicted octanol–water partition coefficient (Wildman–Crippen LogP) is 5.43. The molecule has 0 radical (unpaired) electrons. The maximum Gasteiger partial charge on any atom is 0.224 e. The Kier molecular flexibility index (Phi) is 9.93. The van der Waals surface area contributed by atoms with Crippen molar-refractivity contribution < 1.29 is 24.9 Å². The lowest BCUT2D eigenvalue weighted by atomic mass is 9.86. The second-order valence-electron chi connectivity index (χ2n) is 12.8. The quantitative estimate of drug-likeness (QED) is 0.145. The third-order valence-electron chi connectivity index (χ3n) is 9.52. The van der Waals surface area contributed by atoms with Crippen LogP contribution in [-0.2, 0) is 22.4 Å². The Hall–Kier alpha value is -4.30. The van der Waals surface area contributed by atoms with Gasteiger partial charge in [-0.25, -0.2) is 0 Å². The highest BCUT2D eigenvalue weighted by molar-refractivity contribution is 5.80. The summed E-state index contributed by atoms with van der Waals surface area (Å²) in [5.74, 6) is -1.45. The van der Waals surface area contributed by atoms with Gasteiger partial charge in [0.1, 0.15) is 0 Å². The summed E-state index contributed by atoms with van der Waals surface area (Å²) in [6.07, 6.45) is -0.132. The first-order chi connectivity index (χ1) is 22.4. The van der Waals surface area contributed by atoms with E-state index in [-0.39, 0.29) is 36.7 Å².